The van der Waals surface area contributed by atoms with Gasteiger partial charge in [-0.3, -0.25) is 4.90 Å². The second-order valence-corrected chi connectivity index (χ2v) is 12.8. The Bertz CT molecular complexity index is 1330. The van der Waals surface area contributed by atoms with Crippen molar-refractivity contribution in [3.63, 3.8) is 0 Å². The average Bonchev–Trinajstić information content (AvgIpc) is 3.11. The first-order chi connectivity index (χ1) is 17.7. The zero-order valence-corrected chi connectivity index (χ0v) is 22.3. The number of amides is 1. The van der Waals surface area contributed by atoms with Crippen molar-refractivity contribution in [3.8, 4) is 5.75 Å². The fraction of sp³-hybridized carbons (Fsp3) is 0.516. The smallest absolute Gasteiger partial charge is 0.410 e. The van der Waals surface area contributed by atoms with Crippen molar-refractivity contribution in [2.45, 2.75) is 82.7 Å². The molecule has 0 spiro atoms. The molecule has 2 aliphatic heterocycles. The van der Waals surface area contributed by atoms with Crippen molar-refractivity contribution in [2.75, 3.05) is 13.1 Å². The molecule has 6 heteroatoms. The molecule has 194 valence electrons. The van der Waals surface area contributed by atoms with E-state index in [4.69, 9.17) is 9.47 Å². The summed E-state index contributed by atoms with van der Waals surface area (Å²) < 4.78 is 11.7. The van der Waals surface area contributed by atoms with Crippen LogP contribution in [-0.2, 0) is 11.2 Å². The number of aromatic nitrogens is 1. The van der Waals surface area contributed by atoms with Crippen molar-refractivity contribution in [3.05, 3.63) is 65.4 Å². The summed E-state index contributed by atoms with van der Waals surface area (Å²) in [5.74, 6) is 1.80. The highest BCUT2D eigenvalue weighted by Crippen LogP contribution is 2.64. The molecule has 8 rings (SSSR count). The van der Waals surface area contributed by atoms with Gasteiger partial charge in [-0.15, -0.1) is 0 Å². The molecule has 37 heavy (non-hydrogen) atoms. The third-order valence-corrected chi connectivity index (χ3v) is 8.92. The maximum absolute atomic E-state index is 12.2. The van der Waals surface area contributed by atoms with Crippen LogP contribution in [0.4, 0.5) is 4.79 Å². The number of carbonyl (C=O) groups excluding carboxylic acids is 1. The van der Waals surface area contributed by atoms with Crippen molar-refractivity contribution in [2.24, 2.45) is 5.92 Å². The largest absolute Gasteiger partial charge is 0.487 e. The second-order valence-electron chi connectivity index (χ2n) is 12.8. The molecule has 3 aliphatic carbocycles. The Morgan fingerprint density at radius 3 is 2.38 bits per heavy atom. The van der Waals surface area contributed by atoms with Gasteiger partial charge in [0, 0.05) is 28.2 Å². The fourth-order valence-corrected chi connectivity index (χ4v) is 7.19. The molecule has 4 fully saturated rings. The minimum absolute atomic E-state index is 0.00523. The van der Waals surface area contributed by atoms with E-state index in [-0.39, 0.29) is 18.2 Å². The summed E-state index contributed by atoms with van der Waals surface area (Å²) in [6.45, 7) is 9.21. The lowest BCUT2D eigenvalue weighted by molar-refractivity contribution is -0.174. The van der Waals surface area contributed by atoms with E-state index in [1.165, 1.54) is 47.0 Å². The van der Waals surface area contributed by atoms with Crippen molar-refractivity contribution >= 4 is 17.0 Å². The average molecular weight is 500 g/mol. The van der Waals surface area contributed by atoms with Crippen LogP contribution in [0, 0.1) is 5.92 Å². The number of benzene rings is 2. The van der Waals surface area contributed by atoms with Crippen LogP contribution >= 0.6 is 0 Å². The minimum Gasteiger partial charge on any atom is -0.487 e. The van der Waals surface area contributed by atoms with Gasteiger partial charge in [0.2, 0.25) is 0 Å². The van der Waals surface area contributed by atoms with E-state index in [1.54, 1.807) is 4.90 Å². The lowest BCUT2D eigenvalue weighted by Gasteiger charge is -2.70. The molecule has 0 unspecified atom stereocenters. The zero-order valence-electron chi connectivity index (χ0n) is 22.3. The van der Waals surface area contributed by atoms with Crippen LogP contribution in [0.1, 0.15) is 69.8 Å². The van der Waals surface area contributed by atoms with Gasteiger partial charge >= 0.3 is 6.09 Å². The number of nitrogens with zero attached hydrogens (tertiary/aromatic N) is 2. The SMILES string of the molecule is C[C@@H]1Cc2c([nH]c3ccccc23)[C@@H](c2ccc(OC3CN(C(=O)OC(C)(C)C)C3)cc2)N1C12CC(C1)C2. The van der Waals surface area contributed by atoms with E-state index < -0.39 is 5.60 Å². The standard InChI is InChI=1S/C31H37N3O3/c1-19-13-25-24-7-5-6-8-26(24)32-27(25)28(34(19)31-14-20(15-31)16-31)21-9-11-22(12-10-21)36-23-17-33(18-23)29(35)37-30(2,3)4/h5-12,19-20,23,28,32H,13-18H2,1-4H3/t19-,20?,28-,31?/m1/s1. The van der Waals surface area contributed by atoms with Gasteiger partial charge in [0.25, 0.3) is 0 Å². The van der Waals surface area contributed by atoms with Gasteiger partial charge in [0.15, 0.2) is 0 Å². The molecule has 1 saturated heterocycles. The number of hydrogen-bond acceptors (Lipinski definition) is 4. The van der Waals surface area contributed by atoms with Crippen LogP contribution in [0.15, 0.2) is 48.5 Å². The monoisotopic (exact) mass is 499 g/mol. The number of ether oxygens (including phenoxy) is 2. The van der Waals surface area contributed by atoms with Crippen LogP contribution in [-0.4, -0.2) is 57.3 Å². The van der Waals surface area contributed by atoms with Crippen LogP contribution < -0.4 is 4.74 Å². The highest BCUT2D eigenvalue weighted by molar-refractivity contribution is 5.85. The topological polar surface area (TPSA) is 57.8 Å². The van der Waals surface area contributed by atoms with Crippen LogP contribution in [0.2, 0.25) is 0 Å². The Balaban J connectivity index is 1.13. The Morgan fingerprint density at radius 2 is 1.73 bits per heavy atom. The molecular formula is C31H37N3O3. The molecule has 2 bridgehead atoms. The normalized spacial score (nSPS) is 29.2. The maximum atomic E-state index is 12.2. The molecule has 2 atom stereocenters. The Labute approximate surface area is 218 Å². The summed E-state index contributed by atoms with van der Waals surface area (Å²) >= 11 is 0. The molecule has 3 saturated carbocycles. The van der Waals surface area contributed by atoms with E-state index >= 15 is 0 Å². The number of para-hydroxylation sites is 1. The van der Waals surface area contributed by atoms with Gasteiger partial charge in [-0.2, -0.15) is 0 Å². The van der Waals surface area contributed by atoms with Crippen molar-refractivity contribution < 1.29 is 14.3 Å². The summed E-state index contributed by atoms with van der Waals surface area (Å²) in [4.78, 5) is 20.6. The lowest BCUT2D eigenvalue weighted by atomic mass is 9.48. The summed E-state index contributed by atoms with van der Waals surface area (Å²) in [5.41, 5.74) is 5.30. The molecule has 5 aliphatic rings. The third-order valence-electron chi connectivity index (χ3n) is 8.92. The van der Waals surface area contributed by atoms with E-state index in [0.717, 1.165) is 18.1 Å². The number of likely N-dealkylation sites (tertiary alicyclic amines) is 1. The molecule has 1 N–H and O–H groups in total. The summed E-state index contributed by atoms with van der Waals surface area (Å²) in [6, 6.07) is 18.2. The predicted molar refractivity (Wildman–Crippen MR) is 144 cm³/mol. The molecule has 6 nitrogen and oxygen atoms in total. The molecule has 1 amide bonds. The highest BCUT2D eigenvalue weighted by atomic mass is 16.6. The summed E-state index contributed by atoms with van der Waals surface area (Å²) in [5, 5.41) is 1.37. The van der Waals surface area contributed by atoms with Gasteiger partial charge in [0.05, 0.1) is 19.1 Å². The fourth-order valence-electron chi connectivity index (χ4n) is 7.19. The zero-order chi connectivity index (χ0) is 25.5. The van der Waals surface area contributed by atoms with Crippen molar-refractivity contribution in [1.82, 2.24) is 14.8 Å². The van der Waals surface area contributed by atoms with Crippen LogP contribution in [0.3, 0.4) is 0 Å². The first-order valence-corrected chi connectivity index (χ1v) is 13.8. The third kappa shape index (κ3) is 3.75. The predicted octanol–water partition coefficient (Wildman–Crippen LogP) is 6.05. The lowest BCUT2D eigenvalue weighted by Crippen LogP contribution is -2.71. The number of rotatable bonds is 4. The number of H-pyrrole nitrogens is 1. The number of hydrogen-bond donors (Lipinski definition) is 1. The van der Waals surface area contributed by atoms with E-state index in [2.05, 4.69) is 65.3 Å². The summed E-state index contributed by atoms with van der Waals surface area (Å²) in [6.07, 6.45) is 4.88. The molecular weight excluding hydrogens is 462 g/mol. The minimum atomic E-state index is -0.479. The Morgan fingerprint density at radius 1 is 1.03 bits per heavy atom. The summed E-state index contributed by atoms with van der Waals surface area (Å²) in [7, 11) is 0. The van der Waals surface area contributed by atoms with Gasteiger partial charge in [-0.05, 0) is 88.6 Å². The van der Waals surface area contributed by atoms with Crippen LogP contribution in [0.25, 0.3) is 10.9 Å². The molecule has 0 radical (unpaired) electrons. The van der Waals surface area contributed by atoms with Gasteiger partial charge in [0.1, 0.15) is 17.5 Å². The second kappa shape index (κ2) is 8.00. The van der Waals surface area contributed by atoms with Crippen LogP contribution in [0.5, 0.6) is 5.75 Å². The van der Waals surface area contributed by atoms with E-state index in [0.29, 0.717) is 24.7 Å². The molecule has 3 heterocycles. The number of nitrogens with one attached hydrogen (secondary N) is 1. The maximum Gasteiger partial charge on any atom is 0.410 e. The first-order valence-electron chi connectivity index (χ1n) is 13.8. The highest BCUT2D eigenvalue weighted by Gasteiger charge is 2.63. The van der Waals surface area contributed by atoms with Gasteiger partial charge < -0.3 is 19.4 Å². The van der Waals surface area contributed by atoms with Crippen molar-refractivity contribution in [1.29, 1.82) is 0 Å². The number of fused-ring (bicyclic) bond motifs is 3. The van der Waals surface area contributed by atoms with E-state index in [1.807, 2.05) is 20.8 Å². The Kier molecular flexibility index (Phi) is 5.01. The van der Waals surface area contributed by atoms with Gasteiger partial charge in [-0.1, -0.05) is 30.3 Å². The molecule has 3 aromatic rings. The Hall–Kier alpha value is -2.99. The molecule has 1 aromatic heterocycles. The number of carbonyl (C=O) groups is 1. The quantitative estimate of drug-likeness (QED) is 0.474. The van der Waals surface area contributed by atoms with E-state index in [9.17, 15) is 4.79 Å². The number of aromatic amines is 1. The first kappa shape index (κ1) is 23.2. The molecule has 2 aromatic carbocycles. The van der Waals surface area contributed by atoms with Gasteiger partial charge in [-0.25, -0.2) is 4.79 Å².